The molecule has 1 unspecified atom stereocenters. The van der Waals surface area contributed by atoms with E-state index < -0.39 is 23.9 Å². The normalized spacial score (nSPS) is 17.1. The average Bonchev–Trinajstić information content (AvgIpc) is 2.52. The van der Waals surface area contributed by atoms with Gasteiger partial charge in [0.1, 0.15) is 5.75 Å². The fourth-order valence-electron chi connectivity index (χ4n) is 2.24. The van der Waals surface area contributed by atoms with Gasteiger partial charge in [0.05, 0.1) is 18.7 Å². The van der Waals surface area contributed by atoms with Crippen molar-refractivity contribution in [2.24, 2.45) is 5.73 Å². The van der Waals surface area contributed by atoms with Gasteiger partial charge in [-0.2, -0.15) is 0 Å². The Morgan fingerprint density at radius 2 is 1.91 bits per heavy atom. The van der Waals surface area contributed by atoms with Crippen molar-refractivity contribution < 1.29 is 23.9 Å². The standard InChI is InChI=1S/C15H17N3O5/c1-8-12(14(20)22-2)13(18-15(21)17-8)9-3-5-10(6-4-9)23-7-11(16)19/h3-6,13H,7H2,1-2H3,(H2,16,19)(H2,17,18,21). The maximum absolute atomic E-state index is 12.0. The molecule has 23 heavy (non-hydrogen) atoms. The number of nitrogens with two attached hydrogens (primary N) is 1. The second-order valence-corrected chi connectivity index (χ2v) is 4.89. The molecule has 2 rings (SSSR count). The van der Waals surface area contributed by atoms with Gasteiger partial charge >= 0.3 is 12.0 Å². The SMILES string of the molecule is COC(=O)C1=C(C)NC(=O)NC1c1ccc(OCC(N)=O)cc1. The third-order valence-corrected chi connectivity index (χ3v) is 3.27. The van der Waals surface area contributed by atoms with Gasteiger partial charge < -0.3 is 25.8 Å². The predicted octanol–water partition coefficient (Wildman–Crippen LogP) is 0.352. The van der Waals surface area contributed by atoms with Crippen molar-refractivity contribution in [3.63, 3.8) is 0 Å². The molecule has 122 valence electrons. The summed E-state index contributed by atoms with van der Waals surface area (Å²) in [6.45, 7) is 1.40. The molecule has 1 aliphatic heterocycles. The molecule has 0 fully saturated rings. The minimum Gasteiger partial charge on any atom is -0.484 e. The first kappa shape index (κ1) is 16.3. The Balaban J connectivity index is 2.27. The zero-order valence-corrected chi connectivity index (χ0v) is 12.7. The van der Waals surface area contributed by atoms with Crippen LogP contribution in [-0.4, -0.2) is 31.6 Å². The van der Waals surface area contributed by atoms with Crippen LogP contribution < -0.4 is 21.1 Å². The number of esters is 1. The van der Waals surface area contributed by atoms with E-state index in [-0.39, 0.29) is 6.61 Å². The van der Waals surface area contributed by atoms with Crippen LogP contribution in [0.1, 0.15) is 18.5 Å². The number of hydrogen-bond acceptors (Lipinski definition) is 5. The second kappa shape index (κ2) is 6.82. The fraction of sp³-hybridized carbons (Fsp3) is 0.267. The van der Waals surface area contributed by atoms with E-state index in [0.29, 0.717) is 22.6 Å². The van der Waals surface area contributed by atoms with Gasteiger partial charge in [0, 0.05) is 5.70 Å². The van der Waals surface area contributed by atoms with Crippen molar-refractivity contribution >= 4 is 17.9 Å². The van der Waals surface area contributed by atoms with Crippen LogP contribution in [0.2, 0.25) is 0 Å². The Morgan fingerprint density at radius 1 is 1.26 bits per heavy atom. The van der Waals surface area contributed by atoms with Crippen molar-refractivity contribution in [1.29, 1.82) is 0 Å². The summed E-state index contributed by atoms with van der Waals surface area (Å²) in [5.41, 5.74) is 6.43. The van der Waals surface area contributed by atoms with E-state index >= 15 is 0 Å². The lowest BCUT2D eigenvalue weighted by Crippen LogP contribution is -2.45. The third-order valence-electron chi connectivity index (χ3n) is 3.27. The number of hydrogen-bond donors (Lipinski definition) is 3. The van der Waals surface area contributed by atoms with Gasteiger partial charge in [-0.3, -0.25) is 4.79 Å². The van der Waals surface area contributed by atoms with Crippen LogP contribution in [0, 0.1) is 0 Å². The smallest absolute Gasteiger partial charge is 0.337 e. The summed E-state index contributed by atoms with van der Waals surface area (Å²) in [6, 6.07) is 5.56. The number of carbonyl (C=O) groups excluding carboxylic acids is 3. The summed E-state index contributed by atoms with van der Waals surface area (Å²) in [5.74, 6) is -0.659. The van der Waals surface area contributed by atoms with Crippen LogP contribution in [0.3, 0.4) is 0 Å². The molecule has 1 aliphatic rings. The zero-order valence-electron chi connectivity index (χ0n) is 12.7. The highest BCUT2D eigenvalue weighted by molar-refractivity contribution is 5.94. The Morgan fingerprint density at radius 3 is 2.48 bits per heavy atom. The summed E-state index contributed by atoms with van der Waals surface area (Å²) < 4.78 is 9.94. The van der Waals surface area contributed by atoms with E-state index in [1.807, 2.05) is 0 Å². The van der Waals surface area contributed by atoms with Crippen molar-refractivity contribution in [3.05, 3.63) is 41.1 Å². The second-order valence-electron chi connectivity index (χ2n) is 4.89. The Hall–Kier alpha value is -3.03. The number of ether oxygens (including phenoxy) is 2. The molecule has 4 N–H and O–H groups in total. The van der Waals surface area contributed by atoms with Crippen molar-refractivity contribution in [1.82, 2.24) is 10.6 Å². The number of primary amides is 1. The maximum atomic E-state index is 12.0. The summed E-state index contributed by atoms with van der Waals surface area (Å²) >= 11 is 0. The number of allylic oxidation sites excluding steroid dienone is 1. The first-order valence-corrected chi connectivity index (χ1v) is 6.80. The van der Waals surface area contributed by atoms with E-state index in [9.17, 15) is 14.4 Å². The lowest BCUT2D eigenvalue weighted by molar-refractivity contribution is -0.136. The summed E-state index contributed by atoms with van der Waals surface area (Å²) in [4.78, 5) is 34.3. The summed E-state index contributed by atoms with van der Waals surface area (Å²) in [6.07, 6.45) is 0. The molecule has 3 amide bonds. The Kier molecular flexibility index (Phi) is 4.85. The number of amides is 3. The van der Waals surface area contributed by atoms with Crippen LogP contribution in [0.5, 0.6) is 5.75 Å². The molecule has 0 saturated heterocycles. The van der Waals surface area contributed by atoms with Gasteiger partial charge in [-0.25, -0.2) is 9.59 Å². The highest BCUT2D eigenvalue weighted by Gasteiger charge is 2.31. The van der Waals surface area contributed by atoms with E-state index in [0.717, 1.165) is 0 Å². The first-order chi connectivity index (χ1) is 10.9. The van der Waals surface area contributed by atoms with Crippen LogP contribution in [0.25, 0.3) is 0 Å². The molecule has 0 bridgehead atoms. The number of urea groups is 1. The van der Waals surface area contributed by atoms with Gasteiger partial charge in [-0.05, 0) is 24.6 Å². The van der Waals surface area contributed by atoms with E-state index in [2.05, 4.69) is 10.6 Å². The number of nitrogens with one attached hydrogen (secondary N) is 2. The quantitative estimate of drug-likeness (QED) is 0.677. The van der Waals surface area contributed by atoms with Crippen molar-refractivity contribution in [2.45, 2.75) is 13.0 Å². The Labute approximate surface area is 132 Å². The topological polar surface area (TPSA) is 120 Å². The number of benzene rings is 1. The maximum Gasteiger partial charge on any atom is 0.337 e. The van der Waals surface area contributed by atoms with Gasteiger partial charge in [0.25, 0.3) is 5.91 Å². The monoisotopic (exact) mass is 319 g/mol. The van der Waals surface area contributed by atoms with E-state index in [4.69, 9.17) is 15.2 Å². The molecule has 0 radical (unpaired) electrons. The highest BCUT2D eigenvalue weighted by Crippen LogP contribution is 2.28. The molecular formula is C15H17N3O5. The van der Waals surface area contributed by atoms with E-state index in [1.54, 1.807) is 31.2 Å². The minimum atomic E-state index is -0.638. The molecule has 0 aromatic heterocycles. The number of methoxy groups -OCH3 is 1. The molecular weight excluding hydrogens is 302 g/mol. The number of rotatable bonds is 5. The molecule has 8 heteroatoms. The van der Waals surface area contributed by atoms with Gasteiger partial charge in [-0.1, -0.05) is 12.1 Å². The molecule has 1 atom stereocenters. The lowest BCUT2D eigenvalue weighted by Gasteiger charge is -2.27. The molecule has 1 aromatic carbocycles. The summed E-state index contributed by atoms with van der Waals surface area (Å²) in [5, 5.41) is 5.22. The molecule has 0 aliphatic carbocycles. The molecule has 8 nitrogen and oxygen atoms in total. The first-order valence-electron chi connectivity index (χ1n) is 6.80. The van der Waals surface area contributed by atoms with Gasteiger partial charge in [0.15, 0.2) is 6.61 Å². The average molecular weight is 319 g/mol. The van der Waals surface area contributed by atoms with Crippen molar-refractivity contribution in [2.75, 3.05) is 13.7 Å². The Bertz CT molecular complexity index is 666. The minimum absolute atomic E-state index is 0.226. The largest absolute Gasteiger partial charge is 0.484 e. The van der Waals surface area contributed by atoms with Gasteiger partial charge in [-0.15, -0.1) is 0 Å². The molecule has 1 heterocycles. The van der Waals surface area contributed by atoms with Crippen LogP contribution in [0.15, 0.2) is 35.5 Å². The van der Waals surface area contributed by atoms with E-state index in [1.165, 1.54) is 7.11 Å². The molecule has 0 saturated carbocycles. The van der Waals surface area contributed by atoms with Crippen LogP contribution >= 0.6 is 0 Å². The molecule has 1 aromatic rings. The summed E-state index contributed by atoms with van der Waals surface area (Å²) in [7, 11) is 1.27. The number of carbonyl (C=O) groups is 3. The third kappa shape index (κ3) is 3.79. The highest BCUT2D eigenvalue weighted by atomic mass is 16.5. The zero-order chi connectivity index (χ0) is 17.0. The van der Waals surface area contributed by atoms with Gasteiger partial charge in [0.2, 0.25) is 0 Å². The van der Waals surface area contributed by atoms with Crippen LogP contribution in [-0.2, 0) is 14.3 Å². The van der Waals surface area contributed by atoms with Crippen LogP contribution in [0.4, 0.5) is 4.79 Å². The lowest BCUT2D eigenvalue weighted by atomic mass is 9.95. The predicted molar refractivity (Wildman–Crippen MR) is 80.3 cm³/mol. The molecule has 0 spiro atoms. The van der Waals surface area contributed by atoms with Crippen molar-refractivity contribution in [3.8, 4) is 5.75 Å². The fourth-order valence-corrected chi connectivity index (χ4v) is 2.24.